The number of carbonyl (C=O) groups excluding carboxylic acids is 1. The third-order valence-electron chi connectivity index (χ3n) is 1.80. The van der Waals surface area contributed by atoms with Crippen LogP contribution in [0.2, 0.25) is 0 Å². The Bertz CT molecular complexity index is 323. The van der Waals surface area contributed by atoms with E-state index in [2.05, 4.69) is 6.07 Å². The molecule has 0 saturated heterocycles. The van der Waals surface area contributed by atoms with Gasteiger partial charge in [0.2, 0.25) is 0 Å². The zero-order chi connectivity index (χ0) is 10.1. The molecule has 2 N–H and O–H groups in total. The van der Waals surface area contributed by atoms with Gasteiger partial charge in [0.25, 0.3) is 0 Å². The van der Waals surface area contributed by atoms with E-state index in [1.54, 1.807) is 18.2 Å². The molecule has 0 aliphatic heterocycles. The van der Waals surface area contributed by atoms with Gasteiger partial charge in [0, 0.05) is 16.7 Å². The van der Waals surface area contributed by atoms with Crippen molar-refractivity contribution in [1.29, 1.82) is 0 Å². The van der Waals surface area contributed by atoms with E-state index in [-0.39, 0.29) is 5.78 Å². The van der Waals surface area contributed by atoms with Crippen molar-refractivity contribution in [3.63, 3.8) is 0 Å². The highest BCUT2D eigenvalue weighted by Gasteiger charge is 2.24. The van der Waals surface area contributed by atoms with E-state index < -0.39 is 5.41 Å². The van der Waals surface area contributed by atoms with Gasteiger partial charge >= 0.3 is 0 Å². The highest BCUT2D eigenvalue weighted by atomic mass is 16.1. The molecule has 0 heterocycles. The lowest BCUT2D eigenvalue weighted by Gasteiger charge is -2.17. The number of rotatable bonds is 1. The molecule has 1 rings (SSSR count). The third kappa shape index (κ3) is 2.08. The van der Waals surface area contributed by atoms with Gasteiger partial charge in [-0.05, 0) is 12.1 Å². The third-order valence-corrected chi connectivity index (χ3v) is 1.80. The van der Waals surface area contributed by atoms with Crippen molar-refractivity contribution >= 4 is 11.5 Å². The second-order valence-electron chi connectivity index (χ2n) is 4.08. The Kier molecular flexibility index (Phi) is 2.41. The number of ketones is 1. The first kappa shape index (κ1) is 9.78. The summed E-state index contributed by atoms with van der Waals surface area (Å²) in [4.78, 5) is 11.8. The van der Waals surface area contributed by atoms with Crippen molar-refractivity contribution in [2.45, 2.75) is 20.8 Å². The van der Waals surface area contributed by atoms with Crippen LogP contribution in [0.1, 0.15) is 31.1 Å². The van der Waals surface area contributed by atoms with Gasteiger partial charge in [0.15, 0.2) is 5.78 Å². The first-order chi connectivity index (χ1) is 5.93. The standard InChI is InChI=1S/C11H14NO/c1-11(2,3)10(13)8-6-4-5-7-9(8)12/h4-5,7H,12H2,1-3H3. The molecule has 0 atom stereocenters. The number of carbonyl (C=O) groups is 1. The topological polar surface area (TPSA) is 43.1 Å². The molecule has 2 nitrogen and oxygen atoms in total. The summed E-state index contributed by atoms with van der Waals surface area (Å²) in [6, 6.07) is 8.06. The van der Waals surface area contributed by atoms with Crippen LogP contribution in [0, 0.1) is 11.5 Å². The van der Waals surface area contributed by atoms with Crippen molar-refractivity contribution in [2.75, 3.05) is 5.73 Å². The lowest BCUT2D eigenvalue weighted by Crippen LogP contribution is -2.21. The maximum absolute atomic E-state index is 11.8. The maximum atomic E-state index is 11.8. The summed E-state index contributed by atoms with van der Waals surface area (Å²) in [5.41, 5.74) is 6.27. The summed E-state index contributed by atoms with van der Waals surface area (Å²) in [6.07, 6.45) is 0. The molecule has 13 heavy (non-hydrogen) atoms. The van der Waals surface area contributed by atoms with Crippen LogP contribution in [-0.2, 0) is 0 Å². The Hall–Kier alpha value is -1.31. The molecule has 1 radical (unpaired) electrons. The van der Waals surface area contributed by atoms with Crippen molar-refractivity contribution in [3.8, 4) is 0 Å². The summed E-state index contributed by atoms with van der Waals surface area (Å²) in [6.45, 7) is 5.61. The van der Waals surface area contributed by atoms with E-state index >= 15 is 0 Å². The number of Topliss-reactive ketones (excluding diaryl/α,β-unsaturated/α-hetero) is 1. The van der Waals surface area contributed by atoms with Crippen LogP contribution in [-0.4, -0.2) is 5.78 Å². The molecule has 0 aromatic heterocycles. The van der Waals surface area contributed by atoms with Crippen LogP contribution in [0.25, 0.3) is 0 Å². The quantitative estimate of drug-likeness (QED) is 0.527. The van der Waals surface area contributed by atoms with Crippen LogP contribution in [0.3, 0.4) is 0 Å². The van der Waals surface area contributed by atoms with Gasteiger partial charge in [0.05, 0.1) is 0 Å². The van der Waals surface area contributed by atoms with Crippen molar-refractivity contribution in [1.82, 2.24) is 0 Å². The molecule has 0 saturated carbocycles. The molecular weight excluding hydrogens is 162 g/mol. The van der Waals surface area contributed by atoms with Crippen LogP contribution in [0.5, 0.6) is 0 Å². The Balaban J connectivity index is 3.10. The highest BCUT2D eigenvalue weighted by Crippen LogP contribution is 2.23. The van der Waals surface area contributed by atoms with Gasteiger partial charge in [-0.25, -0.2) is 0 Å². The van der Waals surface area contributed by atoms with Gasteiger partial charge in [-0.2, -0.15) is 0 Å². The highest BCUT2D eigenvalue weighted by molar-refractivity contribution is 6.03. The first-order valence-electron chi connectivity index (χ1n) is 4.24. The molecule has 0 aliphatic rings. The fourth-order valence-corrected chi connectivity index (χ4v) is 1.02. The largest absolute Gasteiger partial charge is 0.398 e. The molecule has 1 aromatic rings. The summed E-state index contributed by atoms with van der Waals surface area (Å²) in [5, 5.41) is 0. The molecule has 0 amide bonds. The second-order valence-corrected chi connectivity index (χ2v) is 4.08. The Labute approximate surface area is 78.8 Å². The molecule has 0 bridgehead atoms. The first-order valence-corrected chi connectivity index (χ1v) is 4.24. The monoisotopic (exact) mass is 176 g/mol. The Morgan fingerprint density at radius 1 is 1.46 bits per heavy atom. The Morgan fingerprint density at radius 2 is 2.08 bits per heavy atom. The number of anilines is 1. The molecule has 69 valence electrons. The summed E-state index contributed by atoms with van der Waals surface area (Å²) < 4.78 is 0. The lowest BCUT2D eigenvalue weighted by atomic mass is 9.86. The van der Waals surface area contributed by atoms with E-state index in [0.29, 0.717) is 11.3 Å². The number of nitrogens with two attached hydrogens (primary N) is 1. The van der Waals surface area contributed by atoms with Gasteiger partial charge in [0.1, 0.15) is 0 Å². The van der Waals surface area contributed by atoms with Crippen molar-refractivity contribution in [2.24, 2.45) is 5.41 Å². The van der Waals surface area contributed by atoms with Gasteiger partial charge < -0.3 is 5.73 Å². The molecule has 0 fully saturated rings. The molecular formula is C11H14NO. The van der Waals surface area contributed by atoms with Crippen LogP contribution in [0.4, 0.5) is 5.69 Å². The van der Waals surface area contributed by atoms with E-state index in [9.17, 15) is 4.79 Å². The molecule has 0 aliphatic carbocycles. The predicted octanol–water partition coefficient (Wildman–Crippen LogP) is 2.30. The number of hydrogen-bond acceptors (Lipinski definition) is 2. The second kappa shape index (κ2) is 3.21. The zero-order valence-electron chi connectivity index (χ0n) is 8.22. The fraction of sp³-hybridized carbons (Fsp3) is 0.364. The zero-order valence-corrected chi connectivity index (χ0v) is 8.22. The van der Waals surface area contributed by atoms with Crippen molar-refractivity contribution in [3.05, 3.63) is 29.8 Å². The van der Waals surface area contributed by atoms with E-state index in [1.165, 1.54) is 0 Å². The van der Waals surface area contributed by atoms with Crippen molar-refractivity contribution < 1.29 is 4.79 Å². The normalized spacial score (nSPS) is 11.3. The minimum Gasteiger partial charge on any atom is -0.398 e. The summed E-state index contributed by atoms with van der Waals surface area (Å²) in [7, 11) is 0. The average molecular weight is 176 g/mol. The number of nitrogen functional groups attached to an aromatic ring is 1. The fourth-order valence-electron chi connectivity index (χ4n) is 1.02. The SMILES string of the molecule is CC(C)(C)C(=O)c1[c]cccc1N. The van der Waals surface area contributed by atoms with Gasteiger partial charge in [-0.1, -0.05) is 32.9 Å². The summed E-state index contributed by atoms with van der Waals surface area (Å²) >= 11 is 0. The van der Waals surface area contributed by atoms with E-state index in [4.69, 9.17) is 5.73 Å². The van der Waals surface area contributed by atoms with E-state index in [0.717, 1.165) is 0 Å². The molecule has 1 aromatic carbocycles. The Morgan fingerprint density at radius 3 is 2.54 bits per heavy atom. The average Bonchev–Trinajstić information content (AvgIpc) is 2.02. The maximum Gasteiger partial charge on any atom is 0.170 e. The lowest BCUT2D eigenvalue weighted by molar-refractivity contribution is 0.0859. The predicted molar refractivity (Wildman–Crippen MR) is 53.5 cm³/mol. The van der Waals surface area contributed by atoms with Crippen LogP contribution < -0.4 is 5.73 Å². The minimum atomic E-state index is -0.397. The van der Waals surface area contributed by atoms with Gasteiger partial charge in [-0.15, -0.1) is 0 Å². The number of benzene rings is 1. The smallest absolute Gasteiger partial charge is 0.170 e. The van der Waals surface area contributed by atoms with Gasteiger partial charge in [-0.3, -0.25) is 4.79 Å². The van der Waals surface area contributed by atoms with Crippen LogP contribution >= 0.6 is 0 Å². The molecule has 0 unspecified atom stereocenters. The summed E-state index contributed by atoms with van der Waals surface area (Å²) in [5.74, 6) is 0.0330. The van der Waals surface area contributed by atoms with E-state index in [1.807, 2.05) is 20.8 Å². The number of hydrogen-bond donors (Lipinski definition) is 1. The molecule has 2 heteroatoms. The van der Waals surface area contributed by atoms with Crippen LogP contribution in [0.15, 0.2) is 18.2 Å². The minimum absolute atomic E-state index is 0.0330. The molecule has 0 spiro atoms.